The van der Waals surface area contributed by atoms with E-state index in [-0.39, 0.29) is 16.2 Å². The molecule has 0 aromatic heterocycles. The van der Waals surface area contributed by atoms with E-state index in [9.17, 15) is 18.0 Å². The highest BCUT2D eigenvalue weighted by Crippen LogP contribution is 2.17. The molecule has 0 amide bonds. The van der Waals surface area contributed by atoms with Crippen molar-refractivity contribution < 1.29 is 22.7 Å². The Labute approximate surface area is 141 Å². The lowest BCUT2D eigenvalue weighted by Gasteiger charge is -2.08. The number of carbonyl (C=O) groups is 2. The Morgan fingerprint density at radius 2 is 1.67 bits per heavy atom. The van der Waals surface area contributed by atoms with Gasteiger partial charge in [-0.15, -0.1) is 0 Å². The summed E-state index contributed by atoms with van der Waals surface area (Å²) in [7, 11) is -3.57. The molecule has 126 valence electrons. The average molecular weight is 346 g/mol. The first-order chi connectivity index (χ1) is 11.2. The summed E-state index contributed by atoms with van der Waals surface area (Å²) in [6.07, 6.45) is 1.01. The Kier molecular flexibility index (Phi) is 5.19. The Morgan fingerprint density at radius 1 is 1.00 bits per heavy atom. The van der Waals surface area contributed by atoms with Crippen LogP contribution >= 0.6 is 0 Å². The van der Waals surface area contributed by atoms with E-state index in [1.807, 2.05) is 19.9 Å². The van der Waals surface area contributed by atoms with Gasteiger partial charge in [0, 0.05) is 11.8 Å². The van der Waals surface area contributed by atoms with E-state index in [4.69, 9.17) is 4.74 Å². The lowest BCUT2D eigenvalue weighted by atomic mass is 10.0. The van der Waals surface area contributed by atoms with Gasteiger partial charge in [-0.05, 0) is 43.2 Å². The summed E-state index contributed by atoms with van der Waals surface area (Å²) < 4.78 is 28.4. The number of sulfone groups is 1. The molecule has 24 heavy (non-hydrogen) atoms. The number of esters is 1. The first-order valence-electron chi connectivity index (χ1n) is 7.27. The highest BCUT2D eigenvalue weighted by molar-refractivity contribution is 7.90. The summed E-state index contributed by atoms with van der Waals surface area (Å²) in [4.78, 5) is 24.1. The number of hydrogen-bond acceptors (Lipinski definition) is 5. The second-order valence-corrected chi connectivity index (χ2v) is 7.55. The van der Waals surface area contributed by atoms with E-state index in [0.29, 0.717) is 5.56 Å². The van der Waals surface area contributed by atoms with Crippen LogP contribution in [0.5, 0.6) is 0 Å². The van der Waals surface area contributed by atoms with Gasteiger partial charge in [0.25, 0.3) is 0 Å². The van der Waals surface area contributed by atoms with Gasteiger partial charge >= 0.3 is 5.97 Å². The molecule has 0 spiro atoms. The molecule has 6 heteroatoms. The Balaban J connectivity index is 2.14. The lowest BCUT2D eigenvalue weighted by molar-refractivity contribution is 0.0471. The summed E-state index contributed by atoms with van der Waals surface area (Å²) >= 11 is 0. The van der Waals surface area contributed by atoms with E-state index < -0.39 is 22.4 Å². The average Bonchev–Trinajstić information content (AvgIpc) is 2.54. The van der Waals surface area contributed by atoms with Crippen molar-refractivity contribution in [2.45, 2.75) is 18.7 Å². The van der Waals surface area contributed by atoms with Crippen LogP contribution in [0.4, 0.5) is 0 Å². The molecular formula is C18H18O5S. The first-order valence-corrected chi connectivity index (χ1v) is 9.16. The van der Waals surface area contributed by atoms with Gasteiger partial charge in [0.2, 0.25) is 0 Å². The van der Waals surface area contributed by atoms with Crippen molar-refractivity contribution in [2.24, 2.45) is 0 Å². The molecule has 0 bridgehead atoms. The predicted octanol–water partition coefficient (Wildman–Crippen LogP) is 2.75. The highest BCUT2D eigenvalue weighted by atomic mass is 32.2. The molecule has 0 heterocycles. The fourth-order valence-corrected chi connectivity index (χ4v) is 3.04. The van der Waals surface area contributed by atoms with Crippen molar-refractivity contribution in [3.63, 3.8) is 0 Å². The van der Waals surface area contributed by atoms with Crippen molar-refractivity contribution in [1.29, 1.82) is 0 Å². The smallest absolute Gasteiger partial charge is 0.339 e. The van der Waals surface area contributed by atoms with E-state index >= 15 is 0 Å². The molecular weight excluding hydrogens is 328 g/mol. The maximum atomic E-state index is 12.1. The van der Waals surface area contributed by atoms with Gasteiger partial charge in [0.05, 0.1) is 10.5 Å². The molecule has 5 nitrogen and oxygen atoms in total. The normalized spacial score (nSPS) is 11.1. The zero-order chi connectivity index (χ0) is 17.9. The van der Waals surface area contributed by atoms with Crippen LogP contribution in [0.2, 0.25) is 0 Å². The van der Waals surface area contributed by atoms with Gasteiger partial charge < -0.3 is 4.74 Å². The monoisotopic (exact) mass is 346 g/mol. The number of ketones is 1. The third-order valence-corrected chi connectivity index (χ3v) is 4.82. The minimum absolute atomic E-state index is 0.0760. The number of carbonyl (C=O) groups excluding carboxylic acids is 2. The maximum absolute atomic E-state index is 12.1. The molecule has 2 aromatic rings. The van der Waals surface area contributed by atoms with Crippen molar-refractivity contribution in [3.05, 3.63) is 64.7 Å². The predicted molar refractivity (Wildman–Crippen MR) is 90.1 cm³/mol. The van der Waals surface area contributed by atoms with Crippen LogP contribution in [0.1, 0.15) is 31.8 Å². The summed E-state index contributed by atoms with van der Waals surface area (Å²) in [5.41, 5.74) is 2.40. The topological polar surface area (TPSA) is 77.5 Å². The van der Waals surface area contributed by atoms with Gasteiger partial charge in [0.1, 0.15) is 0 Å². The molecule has 0 unspecified atom stereocenters. The SMILES string of the molecule is Cc1ccc(C(=O)COC(=O)c2ccccc2S(C)(=O)=O)cc1C. The number of hydrogen-bond donors (Lipinski definition) is 0. The van der Waals surface area contributed by atoms with E-state index in [1.165, 1.54) is 24.3 Å². The van der Waals surface area contributed by atoms with Crippen molar-refractivity contribution in [2.75, 3.05) is 12.9 Å². The molecule has 0 saturated carbocycles. The number of aryl methyl sites for hydroxylation is 2. The molecule has 0 aliphatic heterocycles. The maximum Gasteiger partial charge on any atom is 0.339 e. The molecule has 0 saturated heterocycles. The van der Waals surface area contributed by atoms with E-state index in [1.54, 1.807) is 12.1 Å². The minimum Gasteiger partial charge on any atom is -0.454 e. The largest absolute Gasteiger partial charge is 0.454 e. The molecule has 0 N–H and O–H groups in total. The van der Waals surface area contributed by atoms with Gasteiger partial charge in [-0.1, -0.05) is 24.3 Å². The summed E-state index contributed by atoms with van der Waals surface area (Å²) in [6, 6.07) is 11.0. The third-order valence-electron chi connectivity index (χ3n) is 3.67. The lowest BCUT2D eigenvalue weighted by Crippen LogP contribution is -2.16. The van der Waals surface area contributed by atoms with Gasteiger partial charge in [0.15, 0.2) is 22.2 Å². The first kappa shape index (κ1) is 17.9. The summed E-state index contributed by atoms with van der Waals surface area (Å²) in [5.74, 6) is -1.18. The Hall–Kier alpha value is -2.47. The Bertz CT molecular complexity index is 897. The van der Waals surface area contributed by atoms with Crippen molar-refractivity contribution in [1.82, 2.24) is 0 Å². The molecule has 2 aromatic carbocycles. The van der Waals surface area contributed by atoms with E-state index in [2.05, 4.69) is 0 Å². The molecule has 0 radical (unpaired) electrons. The summed E-state index contributed by atoms with van der Waals surface area (Å²) in [6.45, 7) is 3.38. The quantitative estimate of drug-likeness (QED) is 0.614. The van der Waals surface area contributed by atoms with Crippen LogP contribution < -0.4 is 0 Å². The molecule has 0 fully saturated rings. The molecule has 0 aliphatic rings. The van der Waals surface area contributed by atoms with Crippen LogP contribution in [0, 0.1) is 13.8 Å². The van der Waals surface area contributed by atoms with Crippen molar-refractivity contribution in [3.8, 4) is 0 Å². The van der Waals surface area contributed by atoms with Crippen LogP contribution in [-0.2, 0) is 14.6 Å². The van der Waals surface area contributed by atoms with Crippen molar-refractivity contribution >= 4 is 21.6 Å². The number of benzene rings is 2. The van der Waals surface area contributed by atoms with Crippen LogP contribution in [-0.4, -0.2) is 33.0 Å². The molecule has 0 aliphatic carbocycles. The van der Waals surface area contributed by atoms with Crippen LogP contribution in [0.25, 0.3) is 0 Å². The fourth-order valence-electron chi connectivity index (χ4n) is 2.17. The zero-order valence-electron chi connectivity index (χ0n) is 13.7. The van der Waals surface area contributed by atoms with Gasteiger partial charge in [-0.25, -0.2) is 13.2 Å². The standard InChI is InChI=1S/C18H18O5S/c1-12-8-9-14(10-13(12)2)16(19)11-23-18(20)15-6-4-5-7-17(15)24(3,21)22/h4-10H,11H2,1-3H3. The third kappa shape index (κ3) is 4.08. The number of rotatable bonds is 5. The second kappa shape index (κ2) is 6.97. The second-order valence-electron chi connectivity index (χ2n) is 5.57. The van der Waals surface area contributed by atoms with Crippen LogP contribution in [0.3, 0.4) is 0 Å². The highest BCUT2D eigenvalue weighted by Gasteiger charge is 2.20. The van der Waals surface area contributed by atoms with Crippen LogP contribution in [0.15, 0.2) is 47.4 Å². The fraction of sp³-hybridized carbons (Fsp3) is 0.222. The minimum atomic E-state index is -3.57. The number of Topliss-reactive ketones (excluding diaryl/α,β-unsaturated/α-hetero) is 1. The molecule has 2 rings (SSSR count). The Morgan fingerprint density at radius 3 is 2.29 bits per heavy atom. The zero-order valence-corrected chi connectivity index (χ0v) is 14.5. The van der Waals surface area contributed by atoms with E-state index in [0.717, 1.165) is 17.4 Å². The molecule has 0 atom stereocenters. The summed E-state index contributed by atoms with van der Waals surface area (Å²) in [5, 5.41) is 0. The number of ether oxygens (including phenoxy) is 1. The van der Waals surface area contributed by atoms with Gasteiger partial charge in [-0.3, -0.25) is 4.79 Å². The van der Waals surface area contributed by atoms with Gasteiger partial charge in [-0.2, -0.15) is 0 Å².